The van der Waals surface area contributed by atoms with Gasteiger partial charge in [-0.2, -0.15) is 0 Å². The normalized spacial score (nSPS) is 11.1. The zero-order valence-electron chi connectivity index (χ0n) is 12.3. The van der Waals surface area contributed by atoms with Crippen molar-refractivity contribution < 1.29 is 4.79 Å². The van der Waals surface area contributed by atoms with Crippen LogP contribution in [0.15, 0.2) is 18.2 Å². The summed E-state index contributed by atoms with van der Waals surface area (Å²) in [6.45, 7) is 9.70. The quantitative estimate of drug-likeness (QED) is 0.669. The summed E-state index contributed by atoms with van der Waals surface area (Å²) in [5.74, 6) is 0.541. The van der Waals surface area contributed by atoms with E-state index in [9.17, 15) is 4.79 Å². The summed E-state index contributed by atoms with van der Waals surface area (Å²) in [7, 11) is 0. The van der Waals surface area contributed by atoms with Crippen molar-refractivity contribution >= 4 is 23.6 Å². The molecule has 0 amide bonds. The van der Waals surface area contributed by atoms with Crippen molar-refractivity contribution in [2.45, 2.75) is 46.6 Å². The lowest BCUT2D eigenvalue weighted by atomic mass is 10.0. The second-order valence-electron chi connectivity index (χ2n) is 5.31. The van der Waals surface area contributed by atoms with Crippen molar-refractivity contribution in [1.82, 2.24) is 0 Å². The van der Waals surface area contributed by atoms with Gasteiger partial charge >= 0.3 is 0 Å². The van der Waals surface area contributed by atoms with Gasteiger partial charge < -0.3 is 4.90 Å². The summed E-state index contributed by atoms with van der Waals surface area (Å²) in [5, 5.41) is 0.534. The maximum atomic E-state index is 11.3. The molecule has 106 valence electrons. The van der Waals surface area contributed by atoms with Crippen LogP contribution in [-0.4, -0.2) is 18.9 Å². The van der Waals surface area contributed by atoms with Crippen LogP contribution in [0.4, 0.5) is 5.69 Å². The third-order valence-corrected chi connectivity index (χ3v) is 3.73. The van der Waals surface area contributed by atoms with Crippen molar-refractivity contribution in [3.05, 3.63) is 28.8 Å². The van der Waals surface area contributed by atoms with Gasteiger partial charge in [-0.3, -0.25) is 4.79 Å². The van der Waals surface area contributed by atoms with E-state index in [1.54, 1.807) is 6.07 Å². The molecular formula is C16H24ClNO. The van der Waals surface area contributed by atoms with Crippen molar-refractivity contribution in [3.8, 4) is 0 Å². The largest absolute Gasteiger partial charge is 0.368 e. The predicted molar refractivity (Wildman–Crippen MR) is 83.4 cm³/mol. The van der Waals surface area contributed by atoms with Crippen molar-refractivity contribution in [3.63, 3.8) is 0 Å². The van der Waals surface area contributed by atoms with Gasteiger partial charge in [0.2, 0.25) is 0 Å². The lowest BCUT2D eigenvalue weighted by Crippen LogP contribution is -2.38. The van der Waals surface area contributed by atoms with Crippen LogP contribution >= 0.6 is 11.6 Å². The van der Waals surface area contributed by atoms with E-state index in [0.717, 1.165) is 31.4 Å². The Morgan fingerprint density at radius 3 is 2.37 bits per heavy atom. The molecule has 1 rings (SSSR count). The molecule has 0 aliphatic rings. The maximum Gasteiger partial charge on any atom is 0.153 e. The molecule has 0 fully saturated rings. The zero-order valence-corrected chi connectivity index (χ0v) is 13.1. The first kappa shape index (κ1) is 16.0. The van der Waals surface area contributed by atoms with Gasteiger partial charge in [0.1, 0.15) is 0 Å². The zero-order chi connectivity index (χ0) is 14.4. The molecule has 0 aliphatic heterocycles. The molecule has 0 atom stereocenters. The first-order valence-corrected chi connectivity index (χ1v) is 7.43. The molecule has 0 bridgehead atoms. The molecule has 0 aromatic heterocycles. The Morgan fingerprint density at radius 1 is 1.26 bits per heavy atom. The summed E-state index contributed by atoms with van der Waals surface area (Å²) >= 11 is 6.14. The maximum absolute atomic E-state index is 11.3. The smallest absolute Gasteiger partial charge is 0.153 e. The van der Waals surface area contributed by atoms with E-state index in [4.69, 9.17) is 11.6 Å². The first-order valence-electron chi connectivity index (χ1n) is 7.05. The third-order valence-electron chi connectivity index (χ3n) is 3.40. The first-order chi connectivity index (χ1) is 9.04. The van der Waals surface area contributed by atoms with Gasteiger partial charge in [-0.25, -0.2) is 0 Å². The molecule has 19 heavy (non-hydrogen) atoms. The van der Waals surface area contributed by atoms with E-state index in [0.29, 0.717) is 22.5 Å². The fraction of sp³-hybridized carbons (Fsp3) is 0.562. The average Bonchev–Trinajstić information content (AvgIpc) is 2.38. The number of carbonyl (C=O) groups excluding carboxylic acids is 1. The Hall–Kier alpha value is -1.02. The topological polar surface area (TPSA) is 20.3 Å². The number of nitrogens with zero attached hydrogens (tertiary/aromatic N) is 1. The van der Waals surface area contributed by atoms with Crippen molar-refractivity contribution in [2.75, 3.05) is 11.4 Å². The van der Waals surface area contributed by atoms with Crippen LogP contribution in [0.5, 0.6) is 0 Å². The summed E-state index contributed by atoms with van der Waals surface area (Å²) in [6, 6.07) is 6.13. The summed E-state index contributed by atoms with van der Waals surface area (Å²) in [6.07, 6.45) is 3.00. The molecule has 1 aromatic rings. The number of aldehydes is 1. The fourth-order valence-corrected chi connectivity index (χ4v) is 2.67. The molecule has 0 N–H and O–H groups in total. The Kier molecular flexibility index (Phi) is 6.36. The summed E-state index contributed by atoms with van der Waals surface area (Å²) < 4.78 is 0. The highest BCUT2D eigenvalue weighted by molar-refractivity contribution is 6.33. The number of hydrogen-bond acceptors (Lipinski definition) is 2. The van der Waals surface area contributed by atoms with Gasteiger partial charge in [0.25, 0.3) is 0 Å². The minimum atomic E-state index is 0.444. The standard InChI is InChI=1S/C16H24ClNO/c1-5-13(6-2)18(10-12(3)4)16-9-7-8-15(17)14(16)11-19/h7-9,11-13H,5-6,10H2,1-4H3. The molecule has 2 nitrogen and oxygen atoms in total. The van der Waals surface area contributed by atoms with Gasteiger partial charge in [0, 0.05) is 18.3 Å². The Balaban J connectivity index is 3.23. The second-order valence-corrected chi connectivity index (χ2v) is 5.71. The lowest BCUT2D eigenvalue weighted by molar-refractivity contribution is 0.112. The van der Waals surface area contributed by atoms with Crippen LogP contribution < -0.4 is 4.90 Å². The van der Waals surface area contributed by atoms with Crippen LogP contribution in [0.2, 0.25) is 5.02 Å². The average molecular weight is 282 g/mol. The molecule has 0 radical (unpaired) electrons. The molecule has 0 spiro atoms. The lowest BCUT2D eigenvalue weighted by Gasteiger charge is -2.35. The highest BCUT2D eigenvalue weighted by Gasteiger charge is 2.20. The third kappa shape index (κ3) is 3.97. The number of halogens is 1. The molecule has 0 heterocycles. The van der Waals surface area contributed by atoms with Crippen LogP contribution in [0.25, 0.3) is 0 Å². The number of hydrogen-bond donors (Lipinski definition) is 0. The van der Waals surface area contributed by atoms with Gasteiger partial charge in [0.05, 0.1) is 10.6 Å². The number of carbonyl (C=O) groups is 1. The van der Waals surface area contributed by atoms with E-state index in [2.05, 4.69) is 32.6 Å². The minimum Gasteiger partial charge on any atom is -0.368 e. The molecule has 0 saturated carbocycles. The van der Waals surface area contributed by atoms with Gasteiger partial charge in [-0.05, 0) is 30.9 Å². The van der Waals surface area contributed by atoms with Gasteiger partial charge in [0.15, 0.2) is 6.29 Å². The van der Waals surface area contributed by atoms with Crippen molar-refractivity contribution in [2.24, 2.45) is 5.92 Å². The molecule has 0 saturated heterocycles. The van der Waals surface area contributed by atoms with E-state index >= 15 is 0 Å². The molecule has 3 heteroatoms. The Morgan fingerprint density at radius 2 is 1.89 bits per heavy atom. The van der Waals surface area contributed by atoms with E-state index < -0.39 is 0 Å². The Labute approximate surface area is 121 Å². The van der Waals surface area contributed by atoms with Crippen LogP contribution in [0.1, 0.15) is 50.9 Å². The molecule has 0 unspecified atom stereocenters. The van der Waals surface area contributed by atoms with Crippen LogP contribution in [-0.2, 0) is 0 Å². The van der Waals surface area contributed by atoms with Crippen LogP contribution in [0.3, 0.4) is 0 Å². The van der Waals surface area contributed by atoms with E-state index in [-0.39, 0.29) is 0 Å². The minimum absolute atomic E-state index is 0.444. The summed E-state index contributed by atoms with van der Waals surface area (Å²) in [4.78, 5) is 13.7. The number of rotatable bonds is 7. The van der Waals surface area contributed by atoms with E-state index in [1.807, 2.05) is 12.1 Å². The highest BCUT2D eigenvalue weighted by atomic mass is 35.5. The fourth-order valence-electron chi connectivity index (χ4n) is 2.46. The summed E-state index contributed by atoms with van der Waals surface area (Å²) in [5.41, 5.74) is 1.57. The van der Waals surface area contributed by atoms with Crippen LogP contribution in [0, 0.1) is 5.92 Å². The SMILES string of the molecule is CCC(CC)N(CC(C)C)c1cccc(Cl)c1C=O. The molecule has 1 aromatic carbocycles. The Bertz CT molecular complexity index is 413. The van der Waals surface area contributed by atoms with Gasteiger partial charge in [-0.1, -0.05) is 45.4 Å². The highest BCUT2D eigenvalue weighted by Crippen LogP contribution is 2.29. The number of benzene rings is 1. The van der Waals surface area contributed by atoms with Crippen molar-refractivity contribution in [1.29, 1.82) is 0 Å². The van der Waals surface area contributed by atoms with E-state index in [1.165, 1.54) is 0 Å². The number of anilines is 1. The molecular weight excluding hydrogens is 258 g/mol. The second kappa shape index (κ2) is 7.54. The predicted octanol–water partition coefficient (Wildman–Crippen LogP) is 4.80. The van der Waals surface area contributed by atoms with Gasteiger partial charge in [-0.15, -0.1) is 0 Å². The molecule has 0 aliphatic carbocycles. The monoisotopic (exact) mass is 281 g/mol.